The molecule has 9 heteroatoms. The van der Waals surface area contributed by atoms with Crippen LogP contribution in [0.1, 0.15) is 0 Å². The Hall–Kier alpha value is -0.761. The molecular weight excluding hydrogens is 316 g/mol. The fourth-order valence-corrected chi connectivity index (χ4v) is 2.07. The average molecular weight is 321 g/mol. The van der Waals surface area contributed by atoms with Crippen molar-refractivity contribution in [2.75, 3.05) is 0 Å². The fourth-order valence-electron chi connectivity index (χ4n) is 0.760. The normalized spacial score (nSPS) is 12.5. The summed E-state index contributed by atoms with van der Waals surface area (Å²) in [5.74, 6) is -0.512. The topological polar surface area (TPSA) is 63.6 Å². The molecule has 90 valence electrons. The number of benzene rings is 1. The van der Waals surface area contributed by atoms with Gasteiger partial charge in [-0.1, -0.05) is 0 Å². The van der Waals surface area contributed by atoms with Crippen LogP contribution in [0, 0.1) is 0 Å². The minimum atomic E-state index is -5.68. The zero-order valence-electron chi connectivity index (χ0n) is 7.43. The third-order valence-corrected chi connectivity index (χ3v) is 3.52. The Balaban J connectivity index is 3.06. The molecule has 1 N–H and O–H groups in total. The summed E-state index contributed by atoms with van der Waals surface area (Å²) in [4.78, 5) is 0. The molecule has 1 rings (SSSR count). The maximum absolute atomic E-state index is 12.0. The first-order chi connectivity index (χ1) is 7.28. The Morgan fingerprint density at radius 3 is 2.31 bits per heavy atom. The molecule has 0 radical (unpaired) electrons. The van der Waals surface area contributed by atoms with E-state index in [1.165, 1.54) is 18.2 Å². The Kier molecular flexibility index (Phi) is 3.84. The van der Waals surface area contributed by atoms with E-state index in [-0.39, 0.29) is 4.46 Å². The van der Waals surface area contributed by atoms with E-state index in [0.717, 1.165) is 6.07 Å². The first-order valence-electron chi connectivity index (χ1n) is 3.69. The molecule has 0 bridgehead atoms. The van der Waals surface area contributed by atoms with Crippen LogP contribution in [0.5, 0.6) is 5.75 Å². The average Bonchev–Trinajstić information content (AvgIpc) is 2.16. The molecule has 0 atom stereocenters. The third-order valence-electron chi connectivity index (χ3n) is 1.43. The van der Waals surface area contributed by atoms with Crippen molar-refractivity contribution in [2.24, 2.45) is 0 Å². The van der Waals surface area contributed by atoms with Crippen LogP contribution in [0.4, 0.5) is 13.2 Å². The number of hydrogen-bond donors (Lipinski definition) is 1. The van der Waals surface area contributed by atoms with Gasteiger partial charge in [0.05, 0.1) is 0 Å². The van der Waals surface area contributed by atoms with Gasteiger partial charge in [-0.3, -0.25) is 0 Å². The van der Waals surface area contributed by atoms with Crippen LogP contribution in [0.2, 0.25) is 0 Å². The van der Waals surface area contributed by atoms with Gasteiger partial charge in [-0.25, -0.2) is 0 Å². The zero-order valence-corrected chi connectivity index (χ0v) is 9.96. The first-order valence-corrected chi connectivity index (χ1v) is 6.72. The van der Waals surface area contributed by atoms with Crippen molar-refractivity contribution in [2.45, 2.75) is 5.51 Å². The van der Waals surface area contributed by atoms with Crippen LogP contribution in [0.25, 0.3) is 0 Å². The van der Waals surface area contributed by atoms with Gasteiger partial charge in [0.25, 0.3) is 0 Å². The molecular formula is C7H5F3O4SSe. The summed E-state index contributed by atoms with van der Waals surface area (Å²) in [6.45, 7) is 0. The van der Waals surface area contributed by atoms with E-state index in [4.69, 9.17) is 4.19 Å². The molecule has 0 unspecified atom stereocenters. The predicted octanol–water partition coefficient (Wildman–Crippen LogP) is 0.152. The predicted molar refractivity (Wildman–Crippen MR) is 49.7 cm³/mol. The molecule has 0 aromatic heterocycles. The van der Waals surface area contributed by atoms with Gasteiger partial charge in [0.15, 0.2) is 0 Å². The van der Waals surface area contributed by atoms with E-state index in [0.29, 0.717) is 0 Å². The van der Waals surface area contributed by atoms with Crippen LogP contribution in [-0.4, -0.2) is 33.4 Å². The van der Waals surface area contributed by atoms with Crippen molar-refractivity contribution in [3.05, 3.63) is 24.3 Å². The molecule has 0 fully saturated rings. The van der Waals surface area contributed by atoms with E-state index in [1.807, 2.05) is 0 Å². The number of rotatable bonds is 3. The second-order valence-electron chi connectivity index (χ2n) is 2.52. The van der Waals surface area contributed by atoms with Gasteiger partial charge < -0.3 is 0 Å². The summed E-state index contributed by atoms with van der Waals surface area (Å²) in [6.07, 6.45) is 0. The summed E-state index contributed by atoms with van der Waals surface area (Å²) in [5, 5.41) is 0. The summed E-state index contributed by atoms with van der Waals surface area (Å²) in [7, 11) is -5.68. The van der Waals surface area contributed by atoms with Crippen LogP contribution in [0.15, 0.2) is 24.3 Å². The monoisotopic (exact) mass is 322 g/mol. The molecule has 0 heterocycles. The summed E-state index contributed by atoms with van der Waals surface area (Å²) >= 11 is -1.16. The molecule has 0 aliphatic heterocycles. The molecule has 0 aliphatic rings. The molecule has 0 aliphatic carbocycles. The number of para-hydroxylation sites is 1. The van der Waals surface area contributed by atoms with E-state index in [2.05, 4.69) is 4.18 Å². The Morgan fingerprint density at radius 1 is 1.25 bits per heavy atom. The Bertz CT molecular complexity index is 471. The zero-order chi connectivity index (χ0) is 12.4. The van der Waals surface area contributed by atoms with E-state index in [1.54, 1.807) is 0 Å². The van der Waals surface area contributed by atoms with Crippen LogP contribution in [0.3, 0.4) is 0 Å². The van der Waals surface area contributed by atoms with Gasteiger partial charge in [0, 0.05) is 0 Å². The molecule has 4 nitrogen and oxygen atoms in total. The van der Waals surface area contributed by atoms with Gasteiger partial charge >= 0.3 is 95.4 Å². The molecule has 1 aromatic rings. The Morgan fingerprint density at radius 2 is 1.81 bits per heavy atom. The van der Waals surface area contributed by atoms with Crippen molar-refractivity contribution < 1.29 is 30.0 Å². The fraction of sp³-hybridized carbons (Fsp3) is 0.143. The van der Waals surface area contributed by atoms with Gasteiger partial charge in [0.1, 0.15) is 0 Å². The van der Waals surface area contributed by atoms with Crippen molar-refractivity contribution in [3.63, 3.8) is 0 Å². The summed E-state index contributed by atoms with van der Waals surface area (Å²) < 4.78 is 70.0. The van der Waals surface area contributed by atoms with E-state index >= 15 is 0 Å². The maximum atomic E-state index is 12.0. The minimum absolute atomic E-state index is 0.0165. The van der Waals surface area contributed by atoms with Crippen molar-refractivity contribution in [3.8, 4) is 5.75 Å². The SMILES string of the molecule is O=S(=O)(Oc1ccccc1[Se]O)C(F)(F)F. The standard InChI is InChI=1S/C7H5F3O4SSe/c8-7(9,10)15(11,12)14-5-3-1-2-4-6(5)16-13/h1-4,13H. The molecule has 0 spiro atoms. The van der Waals surface area contributed by atoms with Crippen LogP contribution in [-0.2, 0) is 10.1 Å². The molecule has 16 heavy (non-hydrogen) atoms. The first kappa shape index (κ1) is 13.3. The molecule has 0 saturated heterocycles. The van der Waals surface area contributed by atoms with Crippen molar-refractivity contribution in [1.29, 1.82) is 0 Å². The van der Waals surface area contributed by atoms with Gasteiger partial charge in [-0.05, 0) is 0 Å². The number of halogens is 3. The number of hydrogen-bond acceptors (Lipinski definition) is 4. The second-order valence-corrected chi connectivity index (χ2v) is 5.36. The summed E-state index contributed by atoms with van der Waals surface area (Å²) in [6, 6.07) is 5.06. The van der Waals surface area contributed by atoms with Crippen LogP contribution >= 0.6 is 0 Å². The molecule has 0 amide bonds. The molecule has 1 aromatic carbocycles. The third kappa shape index (κ3) is 2.88. The van der Waals surface area contributed by atoms with Crippen LogP contribution < -0.4 is 8.64 Å². The van der Waals surface area contributed by atoms with Gasteiger partial charge in [0.2, 0.25) is 0 Å². The Labute approximate surface area is 95.6 Å². The quantitative estimate of drug-likeness (QED) is 0.489. The van der Waals surface area contributed by atoms with Crippen molar-refractivity contribution >= 4 is 29.9 Å². The van der Waals surface area contributed by atoms with Crippen molar-refractivity contribution in [1.82, 2.24) is 0 Å². The van der Waals surface area contributed by atoms with Gasteiger partial charge in [-0.15, -0.1) is 0 Å². The second kappa shape index (κ2) is 4.62. The van der Waals surface area contributed by atoms with E-state index in [9.17, 15) is 21.6 Å². The number of alkyl halides is 3. The summed E-state index contributed by atoms with van der Waals surface area (Å²) in [5.41, 5.74) is -5.48. The molecule has 0 saturated carbocycles. The van der Waals surface area contributed by atoms with Gasteiger partial charge in [-0.2, -0.15) is 0 Å². The van der Waals surface area contributed by atoms with E-state index < -0.39 is 36.7 Å².